The van der Waals surface area contributed by atoms with Crippen molar-refractivity contribution in [3.63, 3.8) is 0 Å². The molecule has 6 nitrogen and oxygen atoms in total. The van der Waals surface area contributed by atoms with Crippen molar-refractivity contribution in [3.05, 3.63) is 80.6 Å². The molecule has 172 valence electrons. The van der Waals surface area contributed by atoms with Gasteiger partial charge < -0.3 is 19.3 Å². The Balaban J connectivity index is 1.90. The van der Waals surface area contributed by atoms with Crippen molar-refractivity contribution in [1.82, 2.24) is 0 Å². The van der Waals surface area contributed by atoms with Gasteiger partial charge in [0.25, 0.3) is 0 Å². The van der Waals surface area contributed by atoms with Crippen molar-refractivity contribution in [3.8, 4) is 23.0 Å². The van der Waals surface area contributed by atoms with E-state index in [1.54, 1.807) is 26.0 Å². The van der Waals surface area contributed by atoms with Crippen LogP contribution >= 0.6 is 23.2 Å². The average molecular weight is 493 g/mol. The van der Waals surface area contributed by atoms with E-state index in [2.05, 4.69) is 0 Å². The molecule has 0 unspecified atom stereocenters. The highest BCUT2D eigenvalue weighted by Gasteiger charge is 2.18. The van der Waals surface area contributed by atoms with E-state index in [0.29, 0.717) is 22.4 Å². The number of carbonyl (C=O) groups excluding carboxylic acids is 1. The summed E-state index contributed by atoms with van der Waals surface area (Å²) in [6, 6.07) is 9.83. The second-order valence-electron chi connectivity index (χ2n) is 7.15. The Morgan fingerprint density at radius 1 is 0.879 bits per heavy atom. The fourth-order valence-electron chi connectivity index (χ4n) is 3.19. The number of methoxy groups -OCH3 is 1. The Kier molecular flexibility index (Phi) is 7.46. The van der Waals surface area contributed by atoms with Crippen molar-refractivity contribution in [1.29, 1.82) is 0 Å². The van der Waals surface area contributed by atoms with Crippen LogP contribution in [-0.4, -0.2) is 30.6 Å². The molecule has 0 aliphatic carbocycles. The smallest absolute Gasteiger partial charge is 0.341 e. The summed E-state index contributed by atoms with van der Waals surface area (Å²) in [5.41, 5.74) is 1.75. The van der Waals surface area contributed by atoms with Crippen LogP contribution in [0.2, 0.25) is 10.0 Å². The molecule has 0 aliphatic rings. The molecule has 0 heterocycles. The van der Waals surface area contributed by atoms with Crippen molar-refractivity contribution < 1.29 is 33.3 Å². The van der Waals surface area contributed by atoms with Crippen molar-refractivity contribution in [2.45, 2.75) is 13.8 Å². The van der Waals surface area contributed by atoms with E-state index in [1.165, 1.54) is 31.4 Å². The summed E-state index contributed by atoms with van der Waals surface area (Å²) in [5.74, 6) is -1.08. The molecule has 0 atom stereocenters. The number of aryl methyl sites for hydroxylation is 2. The molecular formula is C24H19Cl2FO6. The highest BCUT2D eigenvalue weighted by atomic mass is 35.5. The molecule has 0 amide bonds. The van der Waals surface area contributed by atoms with Crippen LogP contribution in [0.15, 0.2) is 42.5 Å². The number of ketones is 1. The van der Waals surface area contributed by atoms with E-state index < -0.39 is 18.4 Å². The fraction of sp³-hybridized carbons (Fsp3) is 0.167. The third kappa shape index (κ3) is 5.74. The molecule has 0 saturated heterocycles. The zero-order valence-electron chi connectivity index (χ0n) is 17.9. The van der Waals surface area contributed by atoms with Crippen LogP contribution in [0.4, 0.5) is 4.39 Å². The quantitative estimate of drug-likeness (QED) is 0.374. The minimum absolute atomic E-state index is 0.119. The number of carboxylic acids is 1. The molecule has 0 fully saturated rings. The first kappa shape index (κ1) is 24.4. The molecule has 3 rings (SSSR count). The van der Waals surface area contributed by atoms with E-state index >= 15 is 0 Å². The number of halogens is 3. The largest absolute Gasteiger partial charge is 0.497 e. The van der Waals surface area contributed by atoms with E-state index in [9.17, 15) is 14.0 Å². The molecule has 9 heteroatoms. The van der Waals surface area contributed by atoms with E-state index in [-0.39, 0.29) is 38.6 Å². The summed E-state index contributed by atoms with van der Waals surface area (Å²) < 4.78 is 29.9. The van der Waals surface area contributed by atoms with Gasteiger partial charge in [-0.05, 0) is 49.2 Å². The minimum Gasteiger partial charge on any atom is -0.497 e. The SMILES string of the molecule is COc1cc(F)cc(C(=O)c2cc(C)c(Oc3c(Cl)cc(OCC(=O)O)cc3Cl)c(C)c2)c1. The minimum atomic E-state index is -1.14. The van der Waals surface area contributed by atoms with Gasteiger partial charge >= 0.3 is 5.97 Å². The molecule has 3 aromatic carbocycles. The van der Waals surface area contributed by atoms with Gasteiger partial charge in [0.1, 0.15) is 23.1 Å². The summed E-state index contributed by atoms with van der Waals surface area (Å²) >= 11 is 12.5. The van der Waals surface area contributed by atoms with E-state index in [0.717, 1.165) is 6.07 Å². The number of benzene rings is 3. The van der Waals surface area contributed by atoms with Crippen molar-refractivity contribution >= 4 is 35.0 Å². The van der Waals surface area contributed by atoms with Gasteiger partial charge in [0.05, 0.1) is 17.2 Å². The maximum absolute atomic E-state index is 13.8. The summed E-state index contributed by atoms with van der Waals surface area (Å²) in [6.07, 6.45) is 0. The maximum atomic E-state index is 13.8. The number of rotatable bonds is 8. The average Bonchev–Trinajstić information content (AvgIpc) is 2.75. The van der Waals surface area contributed by atoms with Crippen LogP contribution in [0.3, 0.4) is 0 Å². The molecule has 0 saturated carbocycles. The second-order valence-corrected chi connectivity index (χ2v) is 7.96. The van der Waals surface area contributed by atoms with Gasteiger partial charge in [0.2, 0.25) is 0 Å². The monoisotopic (exact) mass is 492 g/mol. The first-order valence-electron chi connectivity index (χ1n) is 9.61. The molecule has 33 heavy (non-hydrogen) atoms. The Bertz CT molecular complexity index is 1200. The van der Waals surface area contributed by atoms with E-state index in [4.69, 9.17) is 42.5 Å². The van der Waals surface area contributed by atoms with Gasteiger partial charge in [0.15, 0.2) is 18.1 Å². The Morgan fingerprint density at radius 2 is 1.45 bits per heavy atom. The maximum Gasteiger partial charge on any atom is 0.341 e. The lowest BCUT2D eigenvalue weighted by atomic mass is 9.98. The molecule has 0 aliphatic heterocycles. The van der Waals surface area contributed by atoms with Gasteiger partial charge in [-0.1, -0.05) is 23.2 Å². The van der Waals surface area contributed by atoms with Gasteiger partial charge in [-0.3, -0.25) is 4.79 Å². The second kappa shape index (κ2) is 10.1. The van der Waals surface area contributed by atoms with Crippen LogP contribution in [-0.2, 0) is 4.79 Å². The van der Waals surface area contributed by atoms with Crippen LogP contribution in [0.5, 0.6) is 23.0 Å². The van der Waals surface area contributed by atoms with Gasteiger partial charge in [-0.15, -0.1) is 0 Å². The number of carbonyl (C=O) groups is 2. The number of ether oxygens (including phenoxy) is 3. The highest BCUT2D eigenvalue weighted by Crippen LogP contribution is 2.41. The summed E-state index contributed by atoms with van der Waals surface area (Å²) in [4.78, 5) is 23.6. The van der Waals surface area contributed by atoms with Crippen molar-refractivity contribution in [2.75, 3.05) is 13.7 Å². The standard InChI is InChI=1S/C24H19Cl2FO6/c1-12-4-14(22(30)15-6-16(27)8-17(7-15)31-3)5-13(2)23(12)33-24-19(25)9-18(10-20(24)26)32-11-21(28)29/h4-10H,11H2,1-3H3,(H,28,29). The fourth-order valence-corrected chi connectivity index (χ4v) is 3.73. The Hall–Kier alpha value is -3.29. The van der Waals surface area contributed by atoms with Crippen molar-refractivity contribution in [2.24, 2.45) is 0 Å². The summed E-state index contributed by atoms with van der Waals surface area (Å²) in [7, 11) is 1.39. The normalized spacial score (nSPS) is 10.6. The molecule has 1 N–H and O–H groups in total. The van der Waals surface area contributed by atoms with Crippen LogP contribution in [0.1, 0.15) is 27.0 Å². The predicted molar refractivity (Wildman–Crippen MR) is 122 cm³/mol. The Labute approximate surface area is 199 Å². The lowest BCUT2D eigenvalue weighted by molar-refractivity contribution is -0.139. The predicted octanol–water partition coefficient (Wildman–Crippen LogP) is 6.24. The first-order valence-corrected chi connectivity index (χ1v) is 10.4. The van der Waals surface area contributed by atoms with Crippen LogP contribution < -0.4 is 14.2 Å². The van der Waals surface area contributed by atoms with Gasteiger partial charge in [-0.25, -0.2) is 9.18 Å². The summed E-state index contributed by atoms with van der Waals surface area (Å²) in [5, 5.41) is 8.97. The third-order valence-corrected chi connectivity index (χ3v) is 5.19. The number of aliphatic carboxylic acids is 1. The van der Waals surface area contributed by atoms with Crippen LogP contribution in [0, 0.1) is 19.7 Å². The molecule has 0 radical (unpaired) electrons. The molecule has 3 aromatic rings. The van der Waals surface area contributed by atoms with Gasteiger partial charge in [-0.2, -0.15) is 0 Å². The lowest BCUT2D eigenvalue weighted by Crippen LogP contribution is -2.09. The zero-order valence-corrected chi connectivity index (χ0v) is 19.4. The van der Waals surface area contributed by atoms with Gasteiger partial charge in [0, 0.05) is 29.3 Å². The topological polar surface area (TPSA) is 82.1 Å². The third-order valence-electron chi connectivity index (χ3n) is 4.63. The molecule has 0 bridgehead atoms. The Morgan fingerprint density at radius 3 is 2.00 bits per heavy atom. The zero-order chi connectivity index (χ0) is 24.3. The lowest BCUT2D eigenvalue weighted by Gasteiger charge is -2.16. The molecular weight excluding hydrogens is 474 g/mol. The van der Waals surface area contributed by atoms with Crippen LogP contribution in [0.25, 0.3) is 0 Å². The first-order chi connectivity index (χ1) is 15.6. The number of carboxylic acid groups (broad SMARTS) is 1. The van der Waals surface area contributed by atoms with E-state index in [1.807, 2.05) is 0 Å². The number of hydrogen-bond donors (Lipinski definition) is 1. The number of hydrogen-bond acceptors (Lipinski definition) is 5. The summed E-state index contributed by atoms with van der Waals surface area (Å²) in [6.45, 7) is 2.95. The molecule has 0 aromatic heterocycles. The highest BCUT2D eigenvalue weighted by molar-refractivity contribution is 6.37. The molecule has 0 spiro atoms.